The van der Waals surface area contributed by atoms with Crippen molar-refractivity contribution in [2.75, 3.05) is 20.8 Å². The van der Waals surface area contributed by atoms with Gasteiger partial charge in [-0.2, -0.15) is 0 Å². The highest BCUT2D eigenvalue weighted by Crippen LogP contribution is 2.37. The van der Waals surface area contributed by atoms with Gasteiger partial charge in [0.2, 0.25) is 0 Å². The number of ether oxygens (including phenoxy) is 4. The summed E-state index contributed by atoms with van der Waals surface area (Å²) in [4.78, 5) is 12.2. The average molecular weight is 386 g/mol. The minimum atomic E-state index is -0.564. The molecule has 28 heavy (non-hydrogen) atoms. The Kier molecular flexibility index (Phi) is 8.33. The summed E-state index contributed by atoms with van der Waals surface area (Å²) in [5.74, 6) is 1.58. The van der Waals surface area contributed by atoms with Crippen LogP contribution in [0.1, 0.15) is 50.5 Å². The highest BCUT2D eigenvalue weighted by molar-refractivity contribution is 5.69. The molecule has 0 radical (unpaired) electrons. The Hall–Kier alpha value is -2.53. The third-order valence-corrected chi connectivity index (χ3v) is 4.32. The number of rotatable bonds is 10. The lowest BCUT2D eigenvalue weighted by molar-refractivity contribution is -0.159. The molecule has 0 amide bonds. The van der Waals surface area contributed by atoms with Crippen LogP contribution in [0.5, 0.6) is 11.5 Å². The van der Waals surface area contributed by atoms with Crippen molar-refractivity contribution in [1.82, 2.24) is 0 Å². The van der Waals surface area contributed by atoms with Gasteiger partial charge in [0.1, 0.15) is 17.6 Å². The molecule has 0 bridgehead atoms. The largest absolute Gasteiger partial charge is 0.497 e. The van der Waals surface area contributed by atoms with E-state index < -0.39 is 12.2 Å². The summed E-state index contributed by atoms with van der Waals surface area (Å²) >= 11 is 0. The van der Waals surface area contributed by atoms with Crippen molar-refractivity contribution in [2.24, 2.45) is 5.92 Å². The molecule has 152 valence electrons. The fraction of sp³-hybridized carbons (Fsp3) is 0.435. The zero-order valence-electron chi connectivity index (χ0n) is 17.3. The van der Waals surface area contributed by atoms with Crippen LogP contribution in [0.15, 0.2) is 48.5 Å². The number of carbonyl (C=O) groups excluding carboxylic acids is 1. The van der Waals surface area contributed by atoms with E-state index in [2.05, 4.69) is 13.8 Å². The van der Waals surface area contributed by atoms with Crippen LogP contribution in [0.4, 0.5) is 0 Å². The first-order valence-electron chi connectivity index (χ1n) is 9.57. The molecule has 2 aromatic rings. The average Bonchev–Trinajstić information content (AvgIpc) is 2.73. The first kappa shape index (κ1) is 21.8. The zero-order valence-corrected chi connectivity index (χ0v) is 17.3. The molecule has 0 heterocycles. The molecule has 0 aliphatic carbocycles. The van der Waals surface area contributed by atoms with Crippen LogP contribution in [0.2, 0.25) is 0 Å². The van der Waals surface area contributed by atoms with Gasteiger partial charge in [-0.15, -0.1) is 0 Å². The van der Waals surface area contributed by atoms with Gasteiger partial charge in [-0.05, 0) is 41.3 Å². The van der Waals surface area contributed by atoms with Gasteiger partial charge < -0.3 is 18.9 Å². The van der Waals surface area contributed by atoms with Gasteiger partial charge in [0.15, 0.2) is 6.10 Å². The normalized spacial score (nSPS) is 13.1. The van der Waals surface area contributed by atoms with E-state index in [9.17, 15) is 4.79 Å². The first-order valence-corrected chi connectivity index (χ1v) is 9.57. The molecule has 0 unspecified atom stereocenters. The Labute approximate surface area is 167 Å². The summed E-state index contributed by atoms with van der Waals surface area (Å²) in [5, 5.41) is 0. The Morgan fingerprint density at radius 3 is 1.68 bits per heavy atom. The monoisotopic (exact) mass is 386 g/mol. The molecule has 5 nitrogen and oxygen atoms in total. The summed E-state index contributed by atoms with van der Waals surface area (Å²) < 4.78 is 22.6. The standard InChI is InChI=1S/C23H30O5/c1-6-21(24)28-23(18-9-13-20(26-5)14-10-18)22(27-15-16(2)3)17-7-11-19(25-4)12-8-17/h7-14,16,22-23H,6,15H2,1-5H3/t22-,23+/m0/s1. The summed E-state index contributed by atoms with van der Waals surface area (Å²) in [6.07, 6.45) is -0.700. The molecule has 0 N–H and O–H groups in total. The van der Waals surface area contributed by atoms with Gasteiger partial charge in [-0.25, -0.2) is 0 Å². The molecule has 0 aromatic heterocycles. The predicted octanol–water partition coefficient (Wildman–Crippen LogP) is 5.11. The maximum Gasteiger partial charge on any atom is 0.306 e. The van der Waals surface area contributed by atoms with E-state index >= 15 is 0 Å². The van der Waals surface area contributed by atoms with E-state index in [1.165, 1.54) is 0 Å². The van der Waals surface area contributed by atoms with Crippen molar-refractivity contribution < 1.29 is 23.7 Å². The molecule has 0 fully saturated rings. The van der Waals surface area contributed by atoms with Crippen LogP contribution in [0.3, 0.4) is 0 Å². The number of esters is 1. The van der Waals surface area contributed by atoms with Crippen LogP contribution in [0, 0.1) is 5.92 Å². The van der Waals surface area contributed by atoms with Gasteiger partial charge in [0.05, 0.1) is 14.2 Å². The SMILES string of the molecule is CCC(=O)O[C@H](c1ccc(OC)cc1)[C@@H](OCC(C)C)c1ccc(OC)cc1. The molecule has 0 spiro atoms. The van der Waals surface area contributed by atoms with Crippen LogP contribution in [-0.2, 0) is 14.3 Å². The van der Waals surface area contributed by atoms with Crippen molar-refractivity contribution >= 4 is 5.97 Å². The first-order chi connectivity index (χ1) is 13.5. The molecular weight excluding hydrogens is 356 g/mol. The lowest BCUT2D eigenvalue weighted by atomic mass is 9.97. The maximum absolute atomic E-state index is 12.2. The highest BCUT2D eigenvalue weighted by Gasteiger charge is 2.29. The fourth-order valence-corrected chi connectivity index (χ4v) is 2.77. The van der Waals surface area contributed by atoms with Crippen LogP contribution in [-0.4, -0.2) is 26.8 Å². The second-order valence-corrected chi connectivity index (χ2v) is 6.96. The number of benzene rings is 2. The number of methoxy groups -OCH3 is 2. The van der Waals surface area contributed by atoms with Crippen molar-refractivity contribution in [1.29, 1.82) is 0 Å². The zero-order chi connectivity index (χ0) is 20.5. The Morgan fingerprint density at radius 1 is 0.821 bits per heavy atom. The van der Waals surface area contributed by atoms with Gasteiger partial charge in [-0.1, -0.05) is 45.0 Å². The van der Waals surface area contributed by atoms with E-state index in [1.54, 1.807) is 21.1 Å². The minimum absolute atomic E-state index is 0.271. The van der Waals surface area contributed by atoms with Crippen LogP contribution < -0.4 is 9.47 Å². The van der Waals surface area contributed by atoms with E-state index in [4.69, 9.17) is 18.9 Å². The molecule has 0 saturated heterocycles. The fourth-order valence-electron chi connectivity index (χ4n) is 2.77. The summed E-state index contributed by atoms with van der Waals surface area (Å²) in [7, 11) is 3.25. The van der Waals surface area contributed by atoms with Crippen LogP contribution >= 0.6 is 0 Å². The molecule has 0 saturated carbocycles. The summed E-state index contributed by atoms with van der Waals surface area (Å²) in [6, 6.07) is 15.2. The molecule has 0 aliphatic rings. The van der Waals surface area contributed by atoms with Gasteiger partial charge in [0, 0.05) is 13.0 Å². The topological polar surface area (TPSA) is 54.0 Å². The van der Waals surface area contributed by atoms with Crippen LogP contribution in [0.25, 0.3) is 0 Å². The van der Waals surface area contributed by atoms with Gasteiger partial charge >= 0.3 is 5.97 Å². The second kappa shape index (κ2) is 10.7. The third-order valence-electron chi connectivity index (χ3n) is 4.32. The van der Waals surface area contributed by atoms with E-state index in [-0.39, 0.29) is 5.97 Å². The number of carbonyl (C=O) groups is 1. The number of hydrogen-bond donors (Lipinski definition) is 0. The van der Waals surface area contributed by atoms with Crippen molar-refractivity contribution in [3.63, 3.8) is 0 Å². The van der Waals surface area contributed by atoms with Crippen molar-refractivity contribution in [3.05, 3.63) is 59.7 Å². The predicted molar refractivity (Wildman–Crippen MR) is 109 cm³/mol. The maximum atomic E-state index is 12.2. The molecule has 2 rings (SSSR count). The summed E-state index contributed by atoms with van der Waals surface area (Å²) in [5.41, 5.74) is 1.78. The lowest BCUT2D eigenvalue weighted by Crippen LogP contribution is -2.22. The van der Waals surface area contributed by atoms with E-state index in [1.807, 2.05) is 48.5 Å². The number of hydrogen-bond acceptors (Lipinski definition) is 5. The Morgan fingerprint density at radius 2 is 1.29 bits per heavy atom. The quantitative estimate of drug-likeness (QED) is 0.531. The smallest absolute Gasteiger partial charge is 0.306 e. The second-order valence-electron chi connectivity index (χ2n) is 6.96. The van der Waals surface area contributed by atoms with Gasteiger partial charge in [-0.3, -0.25) is 4.79 Å². The molecular formula is C23H30O5. The summed E-state index contributed by atoms with van der Waals surface area (Å²) in [6.45, 7) is 6.51. The Balaban J connectivity index is 2.43. The third kappa shape index (κ3) is 5.99. The minimum Gasteiger partial charge on any atom is -0.497 e. The highest BCUT2D eigenvalue weighted by atomic mass is 16.6. The molecule has 2 atom stereocenters. The molecule has 2 aromatic carbocycles. The lowest BCUT2D eigenvalue weighted by Gasteiger charge is -2.29. The molecule has 0 aliphatic heterocycles. The van der Waals surface area contributed by atoms with Crippen molar-refractivity contribution in [3.8, 4) is 11.5 Å². The van der Waals surface area contributed by atoms with Crippen molar-refractivity contribution in [2.45, 2.75) is 39.4 Å². The molecule has 5 heteroatoms. The van der Waals surface area contributed by atoms with E-state index in [0.717, 1.165) is 22.6 Å². The van der Waals surface area contributed by atoms with E-state index in [0.29, 0.717) is 18.9 Å². The Bertz CT molecular complexity index is 722. The van der Waals surface area contributed by atoms with Gasteiger partial charge in [0.25, 0.3) is 0 Å².